The zero-order valence-corrected chi connectivity index (χ0v) is 13.2. The summed E-state index contributed by atoms with van der Waals surface area (Å²) < 4.78 is 46.5. The molecular weight excluding hydrogens is 331 g/mol. The molecular formula is C15H18F3NO5. The second-order valence-electron chi connectivity index (χ2n) is 5.15. The number of alkyl halides is 3. The number of halogens is 3. The van der Waals surface area contributed by atoms with Gasteiger partial charge in [0.15, 0.2) is 24.7 Å². The summed E-state index contributed by atoms with van der Waals surface area (Å²) in [6.45, 7) is 0.783. The summed E-state index contributed by atoms with van der Waals surface area (Å²) in [7, 11) is 0. The maximum absolute atomic E-state index is 12.2. The number of amides is 1. The summed E-state index contributed by atoms with van der Waals surface area (Å²) in [5.41, 5.74) is 0. The maximum atomic E-state index is 12.2. The molecule has 0 aliphatic carbocycles. The highest BCUT2D eigenvalue weighted by Crippen LogP contribution is 2.28. The highest BCUT2D eigenvalue weighted by atomic mass is 19.4. The highest BCUT2D eigenvalue weighted by Gasteiger charge is 2.29. The van der Waals surface area contributed by atoms with Crippen LogP contribution in [0.1, 0.15) is 13.8 Å². The van der Waals surface area contributed by atoms with Crippen LogP contribution in [0.15, 0.2) is 24.3 Å². The van der Waals surface area contributed by atoms with Crippen LogP contribution in [-0.2, 0) is 9.59 Å². The quantitative estimate of drug-likeness (QED) is 0.780. The number of hydrogen-bond donors (Lipinski definition) is 1. The second-order valence-corrected chi connectivity index (χ2v) is 5.15. The minimum atomic E-state index is -4.50. The van der Waals surface area contributed by atoms with Gasteiger partial charge in [0.05, 0.1) is 0 Å². The number of benzene rings is 1. The Morgan fingerprint density at radius 1 is 1.17 bits per heavy atom. The molecule has 6 nitrogen and oxygen atoms in total. The summed E-state index contributed by atoms with van der Waals surface area (Å²) in [6, 6.07) is 5.25. The molecule has 0 aliphatic rings. The Balaban J connectivity index is 2.72. The number of rotatable bonds is 8. The van der Waals surface area contributed by atoms with Gasteiger partial charge >= 0.3 is 12.1 Å². The molecule has 1 aromatic carbocycles. The summed E-state index contributed by atoms with van der Waals surface area (Å²) in [5, 5.41) is 8.80. The Hall–Kier alpha value is -2.45. The van der Waals surface area contributed by atoms with Crippen LogP contribution in [0.4, 0.5) is 13.2 Å². The van der Waals surface area contributed by atoms with E-state index in [2.05, 4.69) is 4.74 Å². The number of hydrogen-bond acceptors (Lipinski definition) is 4. The Morgan fingerprint density at radius 2 is 1.71 bits per heavy atom. The summed E-state index contributed by atoms with van der Waals surface area (Å²) in [5.74, 6) is -1.96. The molecule has 9 heteroatoms. The van der Waals surface area contributed by atoms with Crippen LogP contribution in [0.25, 0.3) is 0 Å². The average Bonchev–Trinajstić information content (AvgIpc) is 2.47. The fraction of sp³-hybridized carbons (Fsp3) is 0.467. The smallest absolute Gasteiger partial charge is 0.422 e. The molecule has 134 valence electrons. The first kappa shape index (κ1) is 19.6. The molecule has 0 radical (unpaired) electrons. The number of aliphatic carboxylic acids is 1. The first-order chi connectivity index (χ1) is 11.1. The molecule has 1 aromatic rings. The number of para-hydroxylation sites is 2. The lowest BCUT2D eigenvalue weighted by Crippen LogP contribution is -2.43. The van der Waals surface area contributed by atoms with Gasteiger partial charge in [0.2, 0.25) is 0 Å². The fourth-order valence-electron chi connectivity index (χ4n) is 1.78. The molecule has 0 atom stereocenters. The maximum Gasteiger partial charge on any atom is 0.422 e. The van der Waals surface area contributed by atoms with Crippen molar-refractivity contribution in [2.24, 2.45) is 0 Å². The average molecular weight is 349 g/mol. The van der Waals surface area contributed by atoms with Crippen LogP contribution in [-0.4, -0.2) is 53.9 Å². The van der Waals surface area contributed by atoms with E-state index in [4.69, 9.17) is 9.84 Å². The third kappa shape index (κ3) is 6.76. The van der Waals surface area contributed by atoms with E-state index < -0.39 is 37.8 Å². The van der Waals surface area contributed by atoms with Crippen LogP contribution in [0.3, 0.4) is 0 Å². The Labute approximate surface area is 136 Å². The van der Waals surface area contributed by atoms with Crippen molar-refractivity contribution in [2.75, 3.05) is 19.8 Å². The van der Waals surface area contributed by atoms with Crippen LogP contribution in [0.5, 0.6) is 11.5 Å². The van der Waals surface area contributed by atoms with E-state index in [0.717, 1.165) is 4.90 Å². The van der Waals surface area contributed by atoms with E-state index in [0.29, 0.717) is 0 Å². The van der Waals surface area contributed by atoms with Crippen molar-refractivity contribution in [3.8, 4) is 11.5 Å². The standard InChI is InChI=1S/C15H18F3NO5/c1-10(2)19(7-14(21)22)13(20)8-23-11-5-3-4-6-12(11)24-9-15(16,17)18/h3-6,10H,7-9H2,1-2H3,(H,21,22). The molecule has 0 spiro atoms. The SMILES string of the molecule is CC(C)N(CC(=O)O)C(=O)COc1ccccc1OCC(F)(F)F. The lowest BCUT2D eigenvalue weighted by molar-refractivity contribution is -0.153. The zero-order valence-electron chi connectivity index (χ0n) is 13.2. The summed E-state index contributed by atoms with van der Waals surface area (Å²) in [4.78, 5) is 23.9. The molecule has 0 saturated carbocycles. The van der Waals surface area contributed by atoms with Crippen LogP contribution < -0.4 is 9.47 Å². The van der Waals surface area contributed by atoms with Gasteiger partial charge in [-0.05, 0) is 26.0 Å². The van der Waals surface area contributed by atoms with Gasteiger partial charge in [-0.1, -0.05) is 12.1 Å². The molecule has 1 amide bonds. The first-order valence-electron chi connectivity index (χ1n) is 7.03. The van der Waals surface area contributed by atoms with Crippen molar-refractivity contribution in [3.05, 3.63) is 24.3 Å². The van der Waals surface area contributed by atoms with E-state index in [9.17, 15) is 22.8 Å². The topological polar surface area (TPSA) is 76.1 Å². The zero-order chi connectivity index (χ0) is 18.3. The Bertz CT molecular complexity index is 574. The molecule has 1 rings (SSSR count). The highest BCUT2D eigenvalue weighted by molar-refractivity contribution is 5.82. The monoisotopic (exact) mass is 349 g/mol. The molecule has 0 unspecified atom stereocenters. The van der Waals surface area contributed by atoms with Gasteiger partial charge in [0, 0.05) is 6.04 Å². The van der Waals surface area contributed by atoms with Gasteiger partial charge in [0.1, 0.15) is 6.54 Å². The van der Waals surface area contributed by atoms with Gasteiger partial charge in [-0.2, -0.15) is 13.2 Å². The van der Waals surface area contributed by atoms with Crippen LogP contribution in [0, 0.1) is 0 Å². The molecule has 24 heavy (non-hydrogen) atoms. The molecule has 0 aromatic heterocycles. The lowest BCUT2D eigenvalue weighted by atomic mass is 10.3. The van der Waals surface area contributed by atoms with Gasteiger partial charge in [0.25, 0.3) is 5.91 Å². The third-order valence-electron chi connectivity index (χ3n) is 2.84. The summed E-state index contributed by atoms with van der Waals surface area (Å²) in [6.07, 6.45) is -4.50. The van der Waals surface area contributed by atoms with E-state index in [-0.39, 0.29) is 17.5 Å². The van der Waals surface area contributed by atoms with Gasteiger partial charge < -0.3 is 19.5 Å². The predicted molar refractivity (Wildman–Crippen MR) is 78.0 cm³/mol. The van der Waals surface area contributed by atoms with Crippen molar-refractivity contribution in [1.82, 2.24) is 4.90 Å². The predicted octanol–water partition coefficient (Wildman–Crippen LogP) is 2.33. The first-order valence-corrected chi connectivity index (χ1v) is 7.03. The summed E-state index contributed by atoms with van der Waals surface area (Å²) >= 11 is 0. The normalized spacial score (nSPS) is 11.2. The minimum absolute atomic E-state index is 0.0332. The van der Waals surface area contributed by atoms with Crippen molar-refractivity contribution in [2.45, 2.75) is 26.1 Å². The van der Waals surface area contributed by atoms with E-state index in [1.54, 1.807) is 13.8 Å². The number of nitrogens with zero attached hydrogens (tertiary/aromatic N) is 1. The molecule has 0 saturated heterocycles. The third-order valence-corrected chi connectivity index (χ3v) is 2.84. The van der Waals surface area contributed by atoms with E-state index in [1.807, 2.05) is 0 Å². The fourth-order valence-corrected chi connectivity index (χ4v) is 1.78. The molecule has 0 heterocycles. The molecule has 0 bridgehead atoms. The van der Waals surface area contributed by atoms with E-state index in [1.165, 1.54) is 24.3 Å². The van der Waals surface area contributed by atoms with Crippen LogP contribution in [0.2, 0.25) is 0 Å². The van der Waals surface area contributed by atoms with Crippen molar-refractivity contribution >= 4 is 11.9 Å². The van der Waals surface area contributed by atoms with Gasteiger partial charge in [-0.3, -0.25) is 9.59 Å². The largest absolute Gasteiger partial charge is 0.480 e. The molecule has 0 aliphatic heterocycles. The van der Waals surface area contributed by atoms with Gasteiger partial charge in [-0.15, -0.1) is 0 Å². The van der Waals surface area contributed by atoms with Crippen LogP contribution >= 0.6 is 0 Å². The number of ether oxygens (including phenoxy) is 2. The Morgan fingerprint density at radius 3 is 2.17 bits per heavy atom. The minimum Gasteiger partial charge on any atom is -0.480 e. The molecule has 0 fully saturated rings. The second kappa shape index (κ2) is 8.42. The lowest BCUT2D eigenvalue weighted by Gasteiger charge is -2.25. The molecule has 1 N–H and O–H groups in total. The number of carboxylic acid groups (broad SMARTS) is 1. The van der Waals surface area contributed by atoms with E-state index >= 15 is 0 Å². The Kier molecular flexibility index (Phi) is 6.87. The number of carboxylic acids is 1. The van der Waals surface area contributed by atoms with Gasteiger partial charge in [-0.25, -0.2) is 0 Å². The van der Waals surface area contributed by atoms with Crippen molar-refractivity contribution in [1.29, 1.82) is 0 Å². The number of carbonyl (C=O) groups is 2. The number of carbonyl (C=O) groups excluding carboxylic acids is 1. The van der Waals surface area contributed by atoms with Crippen molar-refractivity contribution < 1.29 is 37.3 Å². The van der Waals surface area contributed by atoms with Crippen molar-refractivity contribution in [3.63, 3.8) is 0 Å².